The van der Waals surface area contributed by atoms with Gasteiger partial charge in [0.15, 0.2) is 0 Å². The number of benzene rings is 1. The van der Waals surface area contributed by atoms with Crippen LogP contribution in [-0.2, 0) is 17.9 Å². The minimum Gasteiger partial charge on any atom is -0.480 e. The van der Waals surface area contributed by atoms with Gasteiger partial charge >= 0.3 is 5.97 Å². The second-order valence-corrected chi connectivity index (χ2v) is 5.69. The summed E-state index contributed by atoms with van der Waals surface area (Å²) in [6.45, 7) is 2.87. The third-order valence-electron chi connectivity index (χ3n) is 4.09. The Kier molecular flexibility index (Phi) is 4.20. The first-order chi connectivity index (χ1) is 10.2. The molecule has 1 aromatic heterocycles. The van der Waals surface area contributed by atoms with Crippen LogP contribution in [0.1, 0.15) is 31.5 Å². The smallest absolute Gasteiger partial charge is 0.323 e. The summed E-state index contributed by atoms with van der Waals surface area (Å²) in [5.74, 6) is 0.0377. The Hall–Kier alpha value is -1.88. The van der Waals surface area contributed by atoms with Crippen LogP contribution in [0.2, 0.25) is 0 Å². The minimum atomic E-state index is -0.824. The zero-order chi connectivity index (χ0) is 14.7. The molecule has 1 saturated heterocycles. The molecule has 0 saturated carbocycles. The molecule has 0 aliphatic carbocycles. The number of rotatable bonds is 4. The first-order valence-corrected chi connectivity index (χ1v) is 7.62. The Labute approximate surface area is 124 Å². The third-order valence-corrected chi connectivity index (χ3v) is 4.09. The zero-order valence-electron chi connectivity index (χ0n) is 12.2. The van der Waals surface area contributed by atoms with E-state index in [2.05, 4.69) is 9.88 Å². The van der Waals surface area contributed by atoms with Gasteiger partial charge in [0.25, 0.3) is 0 Å². The zero-order valence-corrected chi connectivity index (χ0v) is 12.2. The minimum absolute atomic E-state index is 0.0241. The molecule has 1 aliphatic rings. The van der Waals surface area contributed by atoms with E-state index in [1.165, 1.54) is 25.7 Å². The second-order valence-electron chi connectivity index (χ2n) is 5.69. The van der Waals surface area contributed by atoms with Crippen LogP contribution >= 0.6 is 0 Å². The maximum atomic E-state index is 11.1. The van der Waals surface area contributed by atoms with Crippen LogP contribution in [0.4, 0.5) is 0 Å². The largest absolute Gasteiger partial charge is 0.480 e. The molecule has 1 aliphatic heterocycles. The fourth-order valence-corrected chi connectivity index (χ4v) is 3.05. The quantitative estimate of drug-likeness (QED) is 0.938. The topological polar surface area (TPSA) is 58.4 Å². The van der Waals surface area contributed by atoms with E-state index < -0.39 is 5.97 Å². The molecule has 0 radical (unpaired) electrons. The van der Waals surface area contributed by atoms with Crippen LogP contribution in [0.25, 0.3) is 11.0 Å². The second kappa shape index (κ2) is 6.26. The Bertz CT molecular complexity index is 627. The Morgan fingerprint density at radius 2 is 1.86 bits per heavy atom. The summed E-state index contributed by atoms with van der Waals surface area (Å²) in [7, 11) is 0. The van der Waals surface area contributed by atoms with E-state index in [0.29, 0.717) is 0 Å². The normalized spacial score (nSPS) is 17.0. The van der Waals surface area contributed by atoms with Crippen molar-refractivity contribution in [2.45, 2.75) is 38.8 Å². The summed E-state index contributed by atoms with van der Waals surface area (Å²) in [5, 5.41) is 9.16. The van der Waals surface area contributed by atoms with Crippen molar-refractivity contribution in [2.75, 3.05) is 13.1 Å². The number of imidazole rings is 1. The highest BCUT2D eigenvalue weighted by atomic mass is 16.4. The number of aromatic nitrogens is 2. The molecule has 112 valence electrons. The molecule has 2 heterocycles. The van der Waals surface area contributed by atoms with Crippen LogP contribution in [0.15, 0.2) is 24.3 Å². The van der Waals surface area contributed by atoms with Crippen molar-refractivity contribution in [3.05, 3.63) is 30.1 Å². The van der Waals surface area contributed by atoms with E-state index in [9.17, 15) is 4.79 Å². The van der Waals surface area contributed by atoms with Gasteiger partial charge in [-0.2, -0.15) is 0 Å². The molecule has 0 bridgehead atoms. The first-order valence-electron chi connectivity index (χ1n) is 7.62. The van der Waals surface area contributed by atoms with Gasteiger partial charge in [-0.3, -0.25) is 9.69 Å². The molecular formula is C16H21N3O2. The molecule has 5 nitrogen and oxygen atoms in total. The monoisotopic (exact) mass is 287 g/mol. The van der Waals surface area contributed by atoms with E-state index >= 15 is 0 Å². The van der Waals surface area contributed by atoms with E-state index in [-0.39, 0.29) is 6.54 Å². The Balaban J connectivity index is 1.90. The highest BCUT2D eigenvalue weighted by molar-refractivity contribution is 5.78. The van der Waals surface area contributed by atoms with Crippen LogP contribution < -0.4 is 0 Å². The van der Waals surface area contributed by atoms with E-state index in [1.54, 1.807) is 0 Å². The first kappa shape index (κ1) is 14.1. The predicted octanol–water partition coefficient (Wildman–Crippen LogP) is 2.50. The van der Waals surface area contributed by atoms with Crippen LogP contribution in [0.5, 0.6) is 0 Å². The van der Waals surface area contributed by atoms with Gasteiger partial charge in [-0.25, -0.2) is 4.98 Å². The highest BCUT2D eigenvalue weighted by Crippen LogP contribution is 2.19. The molecule has 1 fully saturated rings. The van der Waals surface area contributed by atoms with E-state index in [1.807, 2.05) is 28.8 Å². The molecule has 1 N–H and O–H groups in total. The molecule has 0 spiro atoms. The van der Waals surface area contributed by atoms with Crippen LogP contribution in [0, 0.1) is 0 Å². The molecular weight excluding hydrogens is 266 g/mol. The van der Waals surface area contributed by atoms with Crippen LogP contribution in [-0.4, -0.2) is 38.6 Å². The lowest BCUT2D eigenvalue weighted by molar-refractivity contribution is -0.137. The van der Waals surface area contributed by atoms with E-state index in [0.717, 1.165) is 36.5 Å². The van der Waals surface area contributed by atoms with Crippen molar-refractivity contribution in [3.63, 3.8) is 0 Å². The summed E-state index contributed by atoms with van der Waals surface area (Å²) in [6, 6.07) is 7.76. The molecule has 0 unspecified atom stereocenters. The lowest BCUT2D eigenvalue weighted by Gasteiger charge is -2.19. The van der Waals surface area contributed by atoms with Gasteiger partial charge in [-0.1, -0.05) is 25.0 Å². The number of hydrogen-bond acceptors (Lipinski definition) is 3. The van der Waals surface area contributed by atoms with Gasteiger partial charge in [0.1, 0.15) is 12.4 Å². The van der Waals surface area contributed by atoms with Crippen LogP contribution in [0.3, 0.4) is 0 Å². The molecule has 3 rings (SSSR count). The molecule has 2 aromatic rings. The SMILES string of the molecule is O=C(O)Cn1c(CN2CCCCCC2)nc2ccccc21. The maximum Gasteiger partial charge on any atom is 0.323 e. The van der Waals surface area contributed by atoms with Gasteiger partial charge in [-0.05, 0) is 38.1 Å². The molecule has 0 amide bonds. The summed E-state index contributed by atoms with van der Waals surface area (Å²) in [4.78, 5) is 18.2. The summed E-state index contributed by atoms with van der Waals surface area (Å²) < 4.78 is 1.84. The van der Waals surface area contributed by atoms with Crippen molar-refractivity contribution in [1.29, 1.82) is 0 Å². The number of carboxylic acid groups (broad SMARTS) is 1. The average molecular weight is 287 g/mol. The number of hydrogen-bond donors (Lipinski definition) is 1. The number of nitrogens with zero attached hydrogens (tertiary/aromatic N) is 3. The van der Waals surface area contributed by atoms with Crippen molar-refractivity contribution < 1.29 is 9.90 Å². The summed E-state index contributed by atoms with van der Waals surface area (Å²) in [5.41, 5.74) is 1.79. The number of likely N-dealkylation sites (tertiary alicyclic amines) is 1. The van der Waals surface area contributed by atoms with Crippen molar-refractivity contribution in [1.82, 2.24) is 14.5 Å². The fourth-order valence-electron chi connectivity index (χ4n) is 3.05. The molecule has 1 aromatic carbocycles. The van der Waals surface area contributed by atoms with Gasteiger partial charge in [0.2, 0.25) is 0 Å². The Morgan fingerprint density at radius 3 is 2.57 bits per heavy atom. The van der Waals surface area contributed by atoms with Gasteiger partial charge in [-0.15, -0.1) is 0 Å². The lowest BCUT2D eigenvalue weighted by Crippen LogP contribution is -2.26. The highest BCUT2D eigenvalue weighted by Gasteiger charge is 2.16. The van der Waals surface area contributed by atoms with Gasteiger partial charge in [0, 0.05) is 0 Å². The lowest BCUT2D eigenvalue weighted by atomic mass is 10.2. The van der Waals surface area contributed by atoms with Crippen molar-refractivity contribution in [2.24, 2.45) is 0 Å². The number of para-hydroxylation sites is 2. The summed E-state index contributed by atoms with van der Waals surface area (Å²) >= 11 is 0. The maximum absolute atomic E-state index is 11.1. The third kappa shape index (κ3) is 3.24. The van der Waals surface area contributed by atoms with Gasteiger partial charge < -0.3 is 9.67 Å². The number of carboxylic acids is 1. The van der Waals surface area contributed by atoms with Crippen molar-refractivity contribution in [3.8, 4) is 0 Å². The van der Waals surface area contributed by atoms with Crippen molar-refractivity contribution >= 4 is 17.0 Å². The van der Waals surface area contributed by atoms with Gasteiger partial charge in [0.05, 0.1) is 17.6 Å². The van der Waals surface area contributed by atoms with E-state index in [4.69, 9.17) is 5.11 Å². The number of aliphatic carboxylic acids is 1. The molecule has 5 heteroatoms. The predicted molar refractivity (Wildman–Crippen MR) is 81.1 cm³/mol. The average Bonchev–Trinajstić information content (AvgIpc) is 2.64. The summed E-state index contributed by atoms with van der Waals surface area (Å²) in [6.07, 6.45) is 5.03. The number of fused-ring (bicyclic) bond motifs is 1. The molecule has 21 heavy (non-hydrogen) atoms. The fraction of sp³-hybridized carbons (Fsp3) is 0.500. The number of carbonyl (C=O) groups is 1. The standard InChI is InChI=1S/C16H21N3O2/c20-16(21)12-19-14-8-4-3-7-13(14)17-15(19)11-18-9-5-1-2-6-10-18/h3-4,7-8H,1-2,5-6,9-12H2,(H,20,21). The Morgan fingerprint density at radius 1 is 1.14 bits per heavy atom. The molecule has 0 atom stereocenters.